The fraction of sp³-hybridized carbons (Fsp3) is 0.684. The van der Waals surface area contributed by atoms with Gasteiger partial charge in [-0.3, -0.25) is 14.4 Å². The number of rotatable bonds is 3. The Bertz CT molecular complexity index is 1440. The summed E-state index contributed by atoms with van der Waals surface area (Å²) in [5.74, 6) is 1.23. The van der Waals surface area contributed by atoms with Gasteiger partial charge in [0.1, 0.15) is 29.5 Å². The molecule has 0 spiro atoms. The van der Waals surface area contributed by atoms with E-state index in [1.54, 1.807) is 14.0 Å². The number of carbonyl (C=O) groups excluding carboxylic acids is 3. The Morgan fingerprint density at radius 1 is 1.00 bits per heavy atom. The molecule has 0 radical (unpaired) electrons. The van der Waals surface area contributed by atoms with Crippen molar-refractivity contribution >= 4 is 28.4 Å². The Morgan fingerprint density at radius 2 is 1.80 bits per heavy atom. The van der Waals surface area contributed by atoms with Crippen LogP contribution in [0.25, 0.3) is 10.9 Å². The fourth-order valence-corrected chi connectivity index (χ4v) is 9.05. The molecule has 45 heavy (non-hydrogen) atoms. The molecule has 2 heterocycles. The molecular weight excluding hydrogens is 566 g/mol. The van der Waals surface area contributed by atoms with Crippen LogP contribution in [0.15, 0.2) is 24.3 Å². The number of fused-ring (bicyclic) bond motifs is 7. The average molecular weight is 618 g/mol. The van der Waals surface area contributed by atoms with Crippen LogP contribution in [-0.4, -0.2) is 41.8 Å². The van der Waals surface area contributed by atoms with E-state index in [9.17, 15) is 14.4 Å². The highest BCUT2D eigenvalue weighted by Crippen LogP contribution is 2.58. The summed E-state index contributed by atoms with van der Waals surface area (Å²) in [5.41, 5.74) is 1.41. The summed E-state index contributed by atoms with van der Waals surface area (Å²) in [6.07, 6.45) is 8.16. The third-order valence-corrected chi connectivity index (χ3v) is 11.6. The van der Waals surface area contributed by atoms with Gasteiger partial charge in [0.05, 0.1) is 19.0 Å². The number of methoxy groups -OCH3 is 1. The lowest BCUT2D eigenvalue weighted by atomic mass is 9.70. The molecule has 3 saturated carbocycles. The van der Waals surface area contributed by atoms with Gasteiger partial charge in [-0.15, -0.1) is 0 Å². The van der Waals surface area contributed by atoms with Crippen molar-refractivity contribution in [2.45, 2.75) is 111 Å². The van der Waals surface area contributed by atoms with Crippen LogP contribution >= 0.6 is 0 Å². The van der Waals surface area contributed by atoms with Crippen molar-refractivity contribution in [3.8, 4) is 11.6 Å². The number of nitrogens with zero attached hydrogens (tertiary/aromatic N) is 1. The van der Waals surface area contributed by atoms with Crippen molar-refractivity contribution in [3.05, 3.63) is 29.8 Å². The molecule has 1 aromatic heterocycles. The number of ether oxygens (including phenoxy) is 3. The van der Waals surface area contributed by atoms with Crippen LogP contribution in [0, 0.1) is 46.8 Å². The average Bonchev–Trinajstić information content (AvgIpc) is 3.52. The molecule has 1 aliphatic heterocycles. The van der Waals surface area contributed by atoms with Crippen molar-refractivity contribution in [1.29, 1.82) is 0 Å². The van der Waals surface area contributed by atoms with Gasteiger partial charge in [-0.05, 0) is 93.2 Å². The number of hydrogen-bond acceptors (Lipinski definition) is 7. The molecule has 6 rings (SSSR count). The monoisotopic (exact) mass is 617 g/mol. The Kier molecular flexibility index (Phi) is 9.02. The second-order valence-electron chi connectivity index (χ2n) is 15.4. The molecule has 244 valence electrons. The summed E-state index contributed by atoms with van der Waals surface area (Å²) in [6.45, 7) is 9.73. The number of benzene rings is 1. The Labute approximate surface area is 268 Å². The van der Waals surface area contributed by atoms with Crippen molar-refractivity contribution < 1.29 is 28.6 Å². The highest BCUT2D eigenvalue weighted by Gasteiger charge is 2.55. The molecule has 0 N–H and O–H groups in total. The third kappa shape index (κ3) is 6.51. The lowest BCUT2D eigenvalue weighted by molar-refractivity contribution is -0.156. The maximum Gasteiger partial charge on any atom is 0.306 e. The van der Waals surface area contributed by atoms with Gasteiger partial charge in [-0.1, -0.05) is 40.5 Å². The van der Waals surface area contributed by atoms with Crippen LogP contribution < -0.4 is 9.47 Å². The Morgan fingerprint density at radius 3 is 2.51 bits per heavy atom. The van der Waals surface area contributed by atoms with Crippen molar-refractivity contribution in [2.75, 3.05) is 7.11 Å². The predicted octanol–water partition coefficient (Wildman–Crippen LogP) is 7.55. The van der Waals surface area contributed by atoms with Gasteiger partial charge >= 0.3 is 5.97 Å². The molecule has 7 nitrogen and oxygen atoms in total. The van der Waals surface area contributed by atoms with Crippen molar-refractivity contribution in [2.24, 2.45) is 46.8 Å². The molecule has 1 aromatic carbocycles. The number of aryl methyl sites for hydroxylation is 1. The van der Waals surface area contributed by atoms with E-state index in [1.807, 2.05) is 39.0 Å². The van der Waals surface area contributed by atoms with E-state index >= 15 is 0 Å². The van der Waals surface area contributed by atoms with Crippen LogP contribution in [0.3, 0.4) is 0 Å². The topological polar surface area (TPSA) is 91.8 Å². The zero-order valence-corrected chi connectivity index (χ0v) is 28.0. The van der Waals surface area contributed by atoms with Gasteiger partial charge in [-0.2, -0.15) is 0 Å². The maximum absolute atomic E-state index is 14.5. The predicted molar refractivity (Wildman–Crippen MR) is 173 cm³/mol. The van der Waals surface area contributed by atoms with Crippen LogP contribution in [0.4, 0.5) is 0 Å². The minimum Gasteiger partial charge on any atom is -0.497 e. The van der Waals surface area contributed by atoms with Crippen molar-refractivity contribution in [3.63, 3.8) is 0 Å². The van der Waals surface area contributed by atoms with Gasteiger partial charge in [-0.25, -0.2) is 4.98 Å². The van der Waals surface area contributed by atoms with Crippen LogP contribution in [-0.2, 0) is 25.5 Å². The summed E-state index contributed by atoms with van der Waals surface area (Å²) in [5, 5.41) is 1.04. The molecule has 2 bridgehead atoms. The molecule has 0 saturated heterocycles. The number of pyridine rings is 1. The number of aromatic nitrogens is 1. The summed E-state index contributed by atoms with van der Waals surface area (Å²) in [6, 6.07) is 8.11. The van der Waals surface area contributed by atoms with Crippen molar-refractivity contribution in [1.82, 2.24) is 4.98 Å². The molecular formula is C38H51NO6. The molecule has 4 aliphatic rings. The van der Waals surface area contributed by atoms with Gasteiger partial charge in [0.2, 0.25) is 5.88 Å². The third-order valence-electron chi connectivity index (χ3n) is 11.6. The minimum absolute atomic E-state index is 0.00688. The van der Waals surface area contributed by atoms with Crippen LogP contribution in [0.1, 0.15) is 98.0 Å². The highest BCUT2D eigenvalue weighted by atomic mass is 16.5. The van der Waals surface area contributed by atoms with E-state index in [-0.39, 0.29) is 42.1 Å². The zero-order chi connectivity index (χ0) is 32.0. The first kappa shape index (κ1) is 32.0. The van der Waals surface area contributed by atoms with Crippen LogP contribution in [0.2, 0.25) is 0 Å². The summed E-state index contributed by atoms with van der Waals surface area (Å²) < 4.78 is 18.5. The molecule has 3 unspecified atom stereocenters. The number of carbonyl (C=O) groups is 3. The minimum atomic E-state index is -0.539. The van der Waals surface area contributed by atoms with E-state index in [0.29, 0.717) is 36.5 Å². The number of hydrogen-bond donors (Lipinski definition) is 0. The number of esters is 1. The SMILES string of the molecule is CC[C@@H]1[C@@H]2CC(C(=O)[C@H](C(C)(C)C)CC(=O)O[C@@H]3CC4CC4[C@H]3CCCCCc3cc4ccc(OC)cc4nc3O2)[C@@H]1C(C)=O. The van der Waals surface area contributed by atoms with Gasteiger partial charge < -0.3 is 14.2 Å². The highest BCUT2D eigenvalue weighted by molar-refractivity contribution is 5.93. The zero-order valence-electron chi connectivity index (χ0n) is 28.0. The van der Waals surface area contributed by atoms with E-state index in [0.717, 1.165) is 60.7 Å². The maximum atomic E-state index is 14.5. The quantitative estimate of drug-likeness (QED) is 0.329. The first-order valence-corrected chi connectivity index (χ1v) is 17.4. The molecule has 0 amide bonds. The fourth-order valence-electron chi connectivity index (χ4n) is 9.05. The largest absolute Gasteiger partial charge is 0.497 e. The summed E-state index contributed by atoms with van der Waals surface area (Å²) in [4.78, 5) is 46.3. The Balaban J connectivity index is 1.38. The van der Waals surface area contributed by atoms with E-state index in [1.165, 1.54) is 6.42 Å². The molecule has 9 atom stereocenters. The lowest BCUT2D eigenvalue weighted by Crippen LogP contribution is -2.39. The number of Topliss-reactive ketones (excluding diaryl/α,β-unsaturated/α-hetero) is 2. The van der Waals surface area contributed by atoms with E-state index in [2.05, 4.69) is 13.0 Å². The first-order chi connectivity index (χ1) is 21.5. The van der Waals surface area contributed by atoms with Gasteiger partial charge in [0, 0.05) is 40.7 Å². The molecule has 3 fully saturated rings. The summed E-state index contributed by atoms with van der Waals surface area (Å²) in [7, 11) is 1.65. The summed E-state index contributed by atoms with van der Waals surface area (Å²) >= 11 is 0. The molecule has 2 aromatic rings. The van der Waals surface area contributed by atoms with Crippen LogP contribution in [0.5, 0.6) is 11.6 Å². The Hall–Kier alpha value is -2.96. The first-order valence-electron chi connectivity index (χ1n) is 17.4. The lowest BCUT2D eigenvalue weighted by Gasteiger charge is -2.33. The van der Waals surface area contributed by atoms with Gasteiger partial charge in [0.25, 0.3) is 0 Å². The standard InChI is InChI=1S/C38H51NO6/c1-7-26-33-19-29(35(26)21(2)40)36(42)30(38(3,4)5)20-34(41)44-32-17-24-16-28(24)27(32)12-10-8-9-11-23-15-22-13-14-25(43-6)18-31(22)39-37(23)45-33/h13-15,18,24,26-30,32-33,35H,7-12,16-17,19-20H2,1-6H3/t24?,26-,27-,28?,29?,30-,32-,33+,35-/m1/s1. The smallest absolute Gasteiger partial charge is 0.306 e. The van der Waals surface area contributed by atoms with E-state index < -0.39 is 23.2 Å². The molecule has 7 heteroatoms. The molecule has 3 aliphatic carbocycles. The number of ketones is 2. The van der Waals surface area contributed by atoms with E-state index in [4.69, 9.17) is 19.2 Å². The van der Waals surface area contributed by atoms with Gasteiger partial charge in [0.15, 0.2) is 0 Å². The normalized spacial score (nSPS) is 34.0. The second kappa shape index (κ2) is 12.7. The second-order valence-corrected chi connectivity index (χ2v) is 15.4.